The Morgan fingerprint density at radius 2 is 1.81 bits per heavy atom. The number of para-hydroxylation sites is 2. The van der Waals surface area contributed by atoms with Crippen LogP contribution in [0.25, 0.3) is 0 Å². The molecule has 1 heterocycles. The SMILES string of the molecule is COc1cc([N+](=O)[O-])ccc1S(=O)(=O)Nc1ccccc1N1CCCCC1. The molecule has 0 aromatic heterocycles. The minimum atomic E-state index is -3.98. The number of nitrogens with one attached hydrogen (secondary N) is 1. The van der Waals surface area contributed by atoms with Crippen LogP contribution in [0, 0.1) is 10.1 Å². The number of ether oxygens (including phenoxy) is 1. The Bertz CT molecular complexity index is 940. The van der Waals surface area contributed by atoms with E-state index in [2.05, 4.69) is 9.62 Å². The normalized spacial score (nSPS) is 14.6. The molecule has 1 fully saturated rings. The highest BCUT2D eigenvalue weighted by atomic mass is 32.2. The molecule has 0 aliphatic carbocycles. The molecule has 1 aliphatic heterocycles. The van der Waals surface area contributed by atoms with E-state index in [9.17, 15) is 18.5 Å². The van der Waals surface area contributed by atoms with E-state index < -0.39 is 14.9 Å². The summed E-state index contributed by atoms with van der Waals surface area (Å²) < 4.78 is 33.5. The molecule has 0 bridgehead atoms. The number of methoxy groups -OCH3 is 1. The zero-order valence-corrected chi connectivity index (χ0v) is 15.7. The molecule has 3 rings (SSSR count). The van der Waals surface area contributed by atoms with E-state index in [0.717, 1.165) is 43.8 Å². The third-order valence-electron chi connectivity index (χ3n) is 4.49. The van der Waals surface area contributed by atoms with Gasteiger partial charge in [0.15, 0.2) is 0 Å². The number of rotatable bonds is 6. The van der Waals surface area contributed by atoms with Crippen LogP contribution in [-0.2, 0) is 10.0 Å². The van der Waals surface area contributed by atoms with Gasteiger partial charge in [0.1, 0.15) is 10.6 Å². The quantitative estimate of drug-likeness (QED) is 0.598. The molecule has 144 valence electrons. The smallest absolute Gasteiger partial charge is 0.273 e. The van der Waals surface area contributed by atoms with Crippen LogP contribution in [0.5, 0.6) is 5.75 Å². The van der Waals surface area contributed by atoms with Gasteiger partial charge in [-0.1, -0.05) is 12.1 Å². The Balaban J connectivity index is 1.95. The van der Waals surface area contributed by atoms with Gasteiger partial charge in [-0.2, -0.15) is 0 Å². The summed E-state index contributed by atoms with van der Waals surface area (Å²) >= 11 is 0. The molecule has 0 saturated carbocycles. The van der Waals surface area contributed by atoms with Gasteiger partial charge < -0.3 is 9.64 Å². The molecule has 0 radical (unpaired) electrons. The first-order chi connectivity index (χ1) is 12.9. The fraction of sp³-hybridized carbons (Fsp3) is 0.333. The number of nitro benzene ring substituents is 1. The lowest BCUT2D eigenvalue weighted by molar-refractivity contribution is -0.385. The van der Waals surface area contributed by atoms with E-state index in [-0.39, 0.29) is 16.3 Å². The topological polar surface area (TPSA) is 102 Å². The van der Waals surface area contributed by atoms with Crippen molar-refractivity contribution >= 4 is 27.1 Å². The molecule has 1 N–H and O–H groups in total. The number of hydrogen-bond acceptors (Lipinski definition) is 6. The summed E-state index contributed by atoms with van der Waals surface area (Å²) in [6, 6.07) is 10.7. The van der Waals surface area contributed by atoms with Crippen molar-refractivity contribution in [1.29, 1.82) is 0 Å². The Morgan fingerprint density at radius 3 is 2.48 bits per heavy atom. The summed E-state index contributed by atoms with van der Waals surface area (Å²) in [4.78, 5) is 12.3. The van der Waals surface area contributed by atoms with E-state index >= 15 is 0 Å². The Morgan fingerprint density at radius 1 is 1.11 bits per heavy atom. The van der Waals surface area contributed by atoms with Gasteiger partial charge in [-0.15, -0.1) is 0 Å². The van der Waals surface area contributed by atoms with Gasteiger partial charge >= 0.3 is 0 Å². The lowest BCUT2D eigenvalue weighted by Crippen LogP contribution is -2.30. The van der Waals surface area contributed by atoms with E-state index in [1.807, 2.05) is 12.1 Å². The lowest BCUT2D eigenvalue weighted by Gasteiger charge is -2.30. The van der Waals surface area contributed by atoms with Gasteiger partial charge in [0.05, 0.1) is 29.5 Å². The van der Waals surface area contributed by atoms with Crippen LogP contribution in [0.15, 0.2) is 47.4 Å². The van der Waals surface area contributed by atoms with Gasteiger partial charge in [0, 0.05) is 19.2 Å². The number of piperidine rings is 1. The molecule has 1 saturated heterocycles. The zero-order chi connectivity index (χ0) is 19.4. The van der Waals surface area contributed by atoms with Gasteiger partial charge in [-0.3, -0.25) is 14.8 Å². The first kappa shape index (κ1) is 19.0. The molecular weight excluding hydrogens is 370 g/mol. The first-order valence-corrected chi connectivity index (χ1v) is 10.1. The second kappa shape index (κ2) is 7.83. The fourth-order valence-electron chi connectivity index (χ4n) is 3.16. The molecular formula is C18H21N3O5S. The second-order valence-corrected chi connectivity index (χ2v) is 7.91. The largest absolute Gasteiger partial charge is 0.495 e. The fourth-order valence-corrected chi connectivity index (χ4v) is 4.39. The summed E-state index contributed by atoms with van der Waals surface area (Å²) in [5.41, 5.74) is 1.06. The minimum absolute atomic E-state index is 0.0767. The van der Waals surface area contributed by atoms with Crippen molar-refractivity contribution in [3.05, 3.63) is 52.6 Å². The maximum atomic E-state index is 12.9. The summed E-state index contributed by atoms with van der Waals surface area (Å²) in [6.45, 7) is 1.75. The number of hydrogen-bond donors (Lipinski definition) is 1. The van der Waals surface area contributed by atoms with Crippen LogP contribution < -0.4 is 14.4 Å². The highest BCUT2D eigenvalue weighted by Crippen LogP contribution is 2.33. The Kier molecular flexibility index (Phi) is 5.50. The monoisotopic (exact) mass is 391 g/mol. The number of non-ortho nitro benzene ring substituents is 1. The summed E-state index contributed by atoms with van der Waals surface area (Å²) in [7, 11) is -2.71. The third kappa shape index (κ3) is 4.13. The van der Waals surface area contributed by atoms with Gasteiger partial charge in [-0.25, -0.2) is 8.42 Å². The molecule has 0 amide bonds. The first-order valence-electron chi connectivity index (χ1n) is 8.61. The molecule has 0 unspecified atom stereocenters. The van der Waals surface area contributed by atoms with Crippen LogP contribution in [0.1, 0.15) is 19.3 Å². The van der Waals surface area contributed by atoms with Gasteiger partial charge in [-0.05, 0) is 37.5 Å². The minimum Gasteiger partial charge on any atom is -0.495 e. The number of benzene rings is 2. The summed E-state index contributed by atoms with van der Waals surface area (Å²) in [5, 5.41) is 10.9. The van der Waals surface area contributed by atoms with Crippen LogP contribution in [0.2, 0.25) is 0 Å². The van der Waals surface area contributed by atoms with Gasteiger partial charge in [0.25, 0.3) is 15.7 Å². The van der Waals surface area contributed by atoms with E-state index in [0.29, 0.717) is 5.69 Å². The van der Waals surface area contributed by atoms with Crippen molar-refractivity contribution < 1.29 is 18.1 Å². The maximum absolute atomic E-state index is 12.9. The van der Waals surface area contributed by atoms with Crippen molar-refractivity contribution in [2.24, 2.45) is 0 Å². The number of nitrogens with zero attached hydrogens (tertiary/aromatic N) is 2. The van der Waals surface area contributed by atoms with E-state index in [1.54, 1.807) is 12.1 Å². The highest BCUT2D eigenvalue weighted by Gasteiger charge is 2.24. The van der Waals surface area contributed by atoms with Crippen LogP contribution >= 0.6 is 0 Å². The van der Waals surface area contributed by atoms with E-state index in [4.69, 9.17) is 4.74 Å². The van der Waals surface area contributed by atoms with Crippen molar-refractivity contribution in [3.8, 4) is 5.75 Å². The molecule has 8 nitrogen and oxygen atoms in total. The molecule has 0 spiro atoms. The molecule has 0 atom stereocenters. The van der Waals surface area contributed by atoms with Crippen molar-refractivity contribution in [1.82, 2.24) is 0 Å². The lowest BCUT2D eigenvalue weighted by atomic mass is 10.1. The third-order valence-corrected chi connectivity index (χ3v) is 5.90. The molecule has 2 aromatic carbocycles. The standard InChI is InChI=1S/C18H21N3O5S/c1-26-17-13-14(21(22)23)9-10-18(17)27(24,25)19-15-7-3-4-8-16(15)20-11-5-2-6-12-20/h3-4,7-10,13,19H,2,5-6,11-12H2,1H3. The predicted molar refractivity (Wildman–Crippen MR) is 103 cm³/mol. The number of anilines is 2. The summed E-state index contributed by atoms with van der Waals surface area (Å²) in [6.07, 6.45) is 3.30. The van der Waals surface area contributed by atoms with Crippen molar-refractivity contribution in [2.75, 3.05) is 29.8 Å². The van der Waals surface area contributed by atoms with Crippen molar-refractivity contribution in [2.45, 2.75) is 24.2 Å². The zero-order valence-electron chi connectivity index (χ0n) is 14.9. The average molecular weight is 391 g/mol. The van der Waals surface area contributed by atoms with Crippen molar-refractivity contribution in [3.63, 3.8) is 0 Å². The predicted octanol–water partition coefficient (Wildman–Crippen LogP) is 3.39. The second-order valence-electron chi connectivity index (χ2n) is 6.26. The van der Waals surface area contributed by atoms with Crippen LogP contribution in [0.3, 0.4) is 0 Å². The molecule has 1 aliphatic rings. The average Bonchev–Trinajstić information content (AvgIpc) is 2.68. The Hall–Kier alpha value is -2.81. The maximum Gasteiger partial charge on any atom is 0.273 e. The molecule has 9 heteroatoms. The molecule has 2 aromatic rings. The molecule has 27 heavy (non-hydrogen) atoms. The Labute approximate surface area is 158 Å². The summed E-state index contributed by atoms with van der Waals surface area (Å²) in [5.74, 6) is -0.0767. The van der Waals surface area contributed by atoms with Gasteiger partial charge in [0.2, 0.25) is 0 Å². The van der Waals surface area contributed by atoms with Crippen LogP contribution in [0.4, 0.5) is 17.1 Å². The van der Waals surface area contributed by atoms with Crippen LogP contribution in [-0.4, -0.2) is 33.5 Å². The highest BCUT2D eigenvalue weighted by molar-refractivity contribution is 7.92. The van der Waals surface area contributed by atoms with E-state index in [1.165, 1.54) is 19.6 Å². The number of sulfonamides is 1. The number of nitro groups is 1.